The van der Waals surface area contributed by atoms with Crippen LogP contribution in [0.5, 0.6) is 0 Å². The Balaban J connectivity index is 1.48. The molecule has 0 unspecified atom stereocenters. The monoisotopic (exact) mass is 425 g/mol. The van der Waals surface area contributed by atoms with E-state index in [0.29, 0.717) is 37.1 Å². The minimum absolute atomic E-state index is 0.0740. The first-order valence-electron chi connectivity index (χ1n) is 10.8. The number of hydrogen-bond acceptors (Lipinski definition) is 5. The highest BCUT2D eigenvalue weighted by molar-refractivity contribution is 7.07. The van der Waals surface area contributed by atoms with Crippen LogP contribution in [0, 0.1) is 0 Å². The predicted octanol–water partition coefficient (Wildman–Crippen LogP) is 3.11. The summed E-state index contributed by atoms with van der Waals surface area (Å²) in [6, 6.07) is 4.49. The molecule has 3 aromatic rings. The van der Waals surface area contributed by atoms with Gasteiger partial charge in [0.1, 0.15) is 0 Å². The van der Waals surface area contributed by atoms with E-state index in [1.54, 1.807) is 20.8 Å². The van der Waals surface area contributed by atoms with E-state index in [0.717, 1.165) is 30.9 Å². The molecule has 0 bridgehead atoms. The summed E-state index contributed by atoms with van der Waals surface area (Å²) in [4.78, 5) is 34.4. The summed E-state index contributed by atoms with van der Waals surface area (Å²) in [7, 11) is 0. The smallest absolute Gasteiger partial charge is 0.277 e. The van der Waals surface area contributed by atoms with Gasteiger partial charge in [0.05, 0.1) is 29.5 Å². The zero-order valence-corrected chi connectivity index (χ0v) is 18.1. The molecule has 158 valence electrons. The van der Waals surface area contributed by atoms with Gasteiger partial charge in [-0.05, 0) is 41.8 Å². The van der Waals surface area contributed by atoms with Crippen molar-refractivity contribution in [2.75, 3.05) is 13.1 Å². The first-order valence-corrected chi connectivity index (χ1v) is 11.7. The van der Waals surface area contributed by atoms with Crippen molar-refractivity contribution in [3.05, 3.63) is 55.8 Å². The fourth-order valence-electron chi connectivity index (χ4n) is 4.76. The van der Waals surface area contributed by atoms with Crippen LogP contribution >= 0.6 is 11.3 Å². The lowest BCUT2D eigenvalue weighted by Crippen LogP contribution is -2.40. The topological polar surface area (TPSA) is 73.7 Å². The van der Waals surface area contributed by atoms with Gasteiger partial charge in [-0.25, -0.2) is 9.50 Å². The molecule has 0 spiro atoms. The first-order chi connectivity index (χ1) is 14.6. The molecule has 30 heavy (non-hydrogen) atoms. The van der Waals surface area contributed by atoms with Gasteiger partial charge in [0.2, 0.25) is 5.91 Å². The second-order valence-corrected chi connectivity index (χ2v) is 9.06. The van der Waals surface area contributed by atoms with Crippen LogP contribution in [-0.2, 0) is 24.3 Å². The van der Waals surface area contributed by atoms with Gasteiger partial charge in [0, 0.05) is 32.0 Å². The van der Waals surface area contributed by atoms with Gasteiger partial charge in [0.25, 0.3) is 5.56 Å². The third kappa shape index (κ3) is 3.48. The number of amides is 1. The van der Waals surface area contributed by atoms with Gasteiger partial charge in [-0.3, -0.25) is 19.6 Å². The second kappa shape index (κ2) is 8.00. The maximum absolute atomic E-state index is 13.2. The number of carbonyl (C=O) groups excluding carboxylic acids is 1. The molecule has 1 fully saturated rings. The van der Waals surface area contributed by atoms with Crippen LogP contribution in [-0.4, -0.2) is 43.4 Å². The number of hydrogen-bond donors (Lipinski definition) is 1. The van der Waals surface area contributed by atoms with Crippen molar-refractivity contribution in [2.24, 2.45) is 0 Å². The van der Waals surface area contributed by atoms with Crippen LogP contribution in [0.2, 0.25) is 0 Å². The summed E-state index contributed by atoms with van der Waals surface area (Å²) in [5, 5.41) is 7.68. The number of nitrogens with zero attached hydrogens (tertiary/aromatic N) is 4. The van der Waals surface area contributed by atoms with Crippen molar-refractivity contribution in [3.63, 3.8) is 0 Å². The van der Waals surface area contributed by atoms with Crippen molar-refractivity contribution in [3.8, 4) is 0 Å². The molecule has 2 aliphatic heterocycles. The molecule has 1 N–H and O–H groups in total. The van der Waals surface area contributed by atoms with E-state index in [2.05, 4.69) is 26.8 Å². The molecule has 0 aliphatic carbocycles. The van der Waals surface area contributed by atoms with Crippen LogP contribution in [0.25, 0.3) is 5.65 Å². The Kier molecular flexibility index (Phi) is 5.20. The molecule has 5 heterocycles. The molecule has 5 rings (SSSR count). The Morgan fingerprint density at radius 2 is 2.23 bits per heavy atom. The molecular formula is C22H27N5O2S. The fraction of sp³-hybridized carbons (Fsp3) is 0.500. The minimum Gasteiger partial charge on any atom is -0.338 e. The van der Waals surface area contributed by atoms with E-state index in [-0.39, 0.29) is 17.5 Å². The number of piperidine rings is 1. The van der Waals surface area contributed by atoms with E-state index >= 15 is 0 Å². The predicted molar refractivity (Wildman–Crippen MR) is 117 cm³/mol. The van der Waals surface area contributed by atoms with Crippen LogP contribution in [0.3, 0.4) is 0 Å². The van der Waals surface area contributed by atoms with Gasteiger partial charge in [-0.15, -0.1) is 0 Å². The van der Waals surface area contributed by atoms with Crippen LogP contribution in [0.1, 0.15) is 61.2 Å². The standard InChI is InChI=1S/C22H27N5O2S/c1-2-21(28)26-9-6-17-16(13-26)22(29)27-20(23-17)11-18(24-27)19-5-3-4-8-25(19)12-15-7-10-30-14-15/h7,10-11,14,19,24H,2-6,8-9,12-13H2,1H3/t19-/m0/s1. The number of H-pyrrole nitrogens is 1. The minimum atomic E-state index is -0.0740. The maximum atomic E-state index is 13.2. The lowest BCUT2D eigenvalue weighted by atomic mass is 9.99. The first kappa shape index (κ1) is 19.5. The van der Waals surface area contributed by atoms with E-state index in [1.165, 1.54) is 18.4 Å². The summed E-state index contributed by atoms with van der Waals surface area (Å²) in [5.74, 6) is 0.0867. The van der Waals surface area contributed by atoms with Gasteiger partial charge in [0.15, 0.2) is 5.65 Å². The molecule has 0 saturated carbocycles. The molecule has 2 aliphatic rings. The van der Waals surface area contributed by atoms with E-state index in [9.17, 15) is 9.59 Å². The molecule has 0 radical (unpaired) electrons. The number of carbonyl (C=O) groups is 1. The Hall–Kier alpha value is -2.45. The highest BCUT2D eigenvalue weighted by Crippen LogP contribution is 2.32. The summed E-state index contributed by atoms with van der Waals surface area (Å²) in [6.45, 7) is 4.84. The molecule has 8 heteroatoms. The quantitative estimate of drug-likeness (QED) is 0.697. The molecule has 1 amide bonds. The average Bonchev–Trinajstić information content (AvgIpc) is 3.43. The second-order valence-electron chi connectivity index (χ2n) is 8.28. The van der Waals surface area contributed by atoms with Crippen molar-refractivity contribution >= 4 is 22.9 Å². The third-order valence-electron chi connectivity index (χ3n) is 6.37. The lowest BCUT2D eigenvalue weighted by Gasteiger charge is -2.34. The van der Waals surface area contributed by atoms with Crippen LogP contribution in [0.4, 0.5) is 0 Å². The van der Waals surface area contributed by atoms with Gasteiger partial charge in [-0.1, -0.05) is 13.3 Å². The third-order valence-corrected chi connectivity index (χ3v) is 7.11. The average molecular weight is 426 g/mol. The van der Waals surface area contributed by atoms with E-state index < -0.39 is 0 Å². The zero-order valence-electron chi connectivity index (χ0n) is 17.3. The number of fused-ring (bicyclic) bond motifs is 2. The van der Waals surface area contributed by atoms with Crippen molar-refractivity contribution in [1.82, 2.24) is 24.4 Å². The number of aromatic amines is 1. The number of aromatic nitrogens is 3. The van der Waals surface area contributed by atoms with E-state index in [1.807, 2.05) is 13.0 Å². The number of nitrogens with one attached hydrogen (secondary N) is 1. The largest absolute Gasteiger partial charge is 0.338 e. The number of rotatable bonds is 4. The van der Waals surface area contributed by atoms with E-state index in [4.69, 9.17) is 4.98 Å². The SMILES string of the molecule is CCC(=O)N1CCc2nc3cc([C@@H]4CCCCN4Cc4ccsc4)[nH]n3c(=O)c2C1. The normalized spacial score (nSPS) is 19.9. The number of thiophene rings is 1. The van der Waals surface area contributed by atoms with Crippen LogP contribution in [0.15, 0.2) is 27.7 Å². The molecule has 0 aromatic carbocycles. The lowest BCUT2D eigenvalue weighted by molar-refractivity contribution is -0.131. The summed E-state index contributed by atoms with van der Waals surface area (Å²) >= 11 is 1.73. The molecule has 3 aromatic heterocycles. The summed E-state index contributed by atoms with van der Waals surface area (Å²) in [5.41, 5.74) is 4.49. The molecule has 1 atom stereocenters. The molecular weight excluding hydrogens is 398 g/mol. The Morgan fingerprint density at radius 1 is 1.33 bits per heavy atom. The number of likely N-dealkylation sites (tertiary alicyclic amines) is 1. The Labute approximate surface area is 179 Å². The highest BCUT2D eigenvalue weighted by Gasteiger charge is 2.28. The fourth-order valence-corrected chi connectivity index (χ4v) is 5.42. The molecule has 7 nitrogen and oxygen atoms in total. The summed E-state index contributed by atoms with van der Waals surface area (Å²) in [6.07, 6.45) is 4.56. The highest BCUT2D eigenvalue weighted by atomic mass is 32.1. The van der Waals surface area contributed by atoms with Gasteiger partial charge >= 0.3 is 0 Å². The zero-order chi connectivity index (χ0) is 20.7. The van der Waals surface area contributed by atoms with Crippen LogP contribution < -0.4 is 5.56 Å². The van der Waals surface area contributed by atoms with Crippen molar-refractivity contribution in [1.29, 1.82) is 0 Å². The Morgan fingerprint density at radius 3 is 3.03 bits per heavy atom. The van der Waals surface area contributed by atoms with Crippen molar-refractivity contribution in [2.45, 2.75) is 58.2 Å². The van der Waals surface area contributed by atoms with Crippen molar-refractivity contribution < 1.29 is 4.79 Å². The van der Waals surface area contributed by atoms with Gasteiger partial charge in [-0.2, -0.15) is 11.3 Å². The van der Waals surface area contributed by atoms with Gasteiger partial charge < -0.3 is 4.90 Å². The maximum Gasteiger partial charge on any atom is 0.277 e. The molecule has 1 saturated heterocycles. The summed E-state index contributed by atoms with van der Waals surface area (Å²) < 4.78 is 1.57. The Bertz CT molecular complexity index is 1120.